The molecule has 0 aliphatic heterocycles. The molecular formula is C30H22Cl2N4O. The molecule has 5 aromatic rings. The van der Waals surface area contributed by atoms with Crippen molar-refractivity contribution in [2.24, 2.45) is 7.05 Å². The summed E-state index contributed by atoms with van der Waals surface area (Å²) in [7, 11) is 1.92. The molecule has 0 aliphatic carbocycles. The fourth-order valence-corrected chi connectivity index (χ4v) is 4.64. The Labute approximate surface area is 226 Å². The van der Waals surface area contributed by atoms with Crippen molar-refractivity contribution >= 4 is 34.8 Å². The van der Waals surface area contributed by atoms with Gasteiger partial charge >= 0.3 is 0 Å². The van der Waals surface area contributed by atoms with E-state index in [-0.39, 0.29) is 19.0 Å². The van der Waals surface area contributed by atoms with Crippen molar-refractivity contribution in [1.29, 1.82) is 10.5 Å². The van der Waals surface area contributed by atoms with Gasteiger partial charge in [-0.2, -0.15) is 10.5 Å². The number of hydrogen-bond donors (Lipinski definition) is 0. The van der Waals surface area contributed by atoms with Gasteiger partial charge in [-0.1, -0.05) is 66.2 Å². The van der Waals surface area contributed by atoms with Crippen LogP contribution in [0.25, 0.3) is 21.9 Å². The Balaban J connectivity index is 0.00000320. The van der Waals surface area contributed by atoms with Crippen LogP contribution < -0.4 is 0 Å². The zero-order chi connectivity index (χ0) is 25.1. The van der Waals surface area contributed by atoms with Gasteiger partial charge in [-0.05, 0) is 51.7 Å². The summed E-state index contributed by atoms with van der Waals surface area (Å²) in [6.07, 6.45) is 3.08. The first kappa shape index (κ1) is 25.9. The molecule has 1 aromatic heterocycles. The first-order valence-corrected chi connectivity index (χ1v) is 11.8. The Morgan fingerprint density at radius 1 is 0.919 bits per heavy atom. The number of nitriles is 2. The third kappa shape index (κ3) is 5.21. The van der Waals surface area contributed by atoms with Gasteiger partial charge in [0, 0.05) is 12.6 Å². The molecule has 0 saturated heterocycles. The van der Waals surface area contributed by atoms with Crippen LogP contribution in [0.2, 0.25) is 5.02 Å². The van der Waals surface area contributed by atoms with Gasteiger partial charge < -0.3 is 9.30 Å². The Morgan fingerprint density at radius 2 is 1.68 bits per heavy atom. The maximum atomic E-state index is 9.90. The van der Waals surface area contributed by atoms with Crippen LogP contribution in [0.15, 0.2) is 91.4 Å². The predicted molar refractivity (Wildman–Crippen MR) is 147 cm³/mol. The van der Waals surface area contributed by atoms with Gasteiger partial charge in [0.15, 0.2) is 0 Å². The maximum absolute atomic E-state index is 9.90. The number of aryl methyl sites for hydroxylation is 1. The highest BCUT2D eigenvalue weighted by Crippen LogP contribution is 2.35. The van der Waals surface area contributed by atoms with E-state index in [1.165, 1.54) is 0 Å². The van der Waals surface area contributed by atoms with Crippen molar-refractivity contribution in [3.8, 4) is 23.3 Å². The molecule has 1 unspecified atom stereocenters. The second kappa shape index (κ2) is 11.3. The van der Waals surface area contributed by atoms with E-state index in [0.717, 1.165) is 38.7 Å². The van der Waals surface area contributed by atoms with Gasteiger partial charge in [0.1, 0.15) is 12.2 Å². The molecular weight excluding hydrogens is 503 g/mol. The first-order valence-electron chi connectivity index (χ1n) is 11.4. The molecule has 0 aliphatic rings. The summed E-state index contributed by atoms with van der Waals surface area (Å²) in [6.45, 7) is 0.283. The van der Waals surface area contributed by atoms with Gasteiger partial charge in [0.05, 0.1) is 47.0 Å². The standard InChI is InChI=1S/C30H21ClN4O.ClH/c1-35-19-34-17-29(35)30(36-18-20-9-10-24(16-33)28(31)13-20)22-11-12-23(15-32)27(14-22)26-8-4-6-21-5-2-3-7-25(21)26;/h2-14,17,19,30H,18H2,1H3;1H. The third-order valence-corrected chi connectivity index (χ3v) is 6.55. The Morgan fingerprint density at radius 3 is 2.41 bits per heavy atom. The molecule has 5 nitrogen and oxygen atoms in total. The largest absolute Gasteiger partial charge is 0.363 e. The summed E-state index contributed by atoms with van der Waals surface area (Å²) in [5.74, 6) is 0. The molecule has 0 fully saturated rings. The molecule has 0 amide bonds. The number of nitrogens with zero attached hydrogens (tertiary/aromatic N) is 4. The molecule has 4 aromatic carbocycles. The molecule has 0 spiro atoms. The lowest BCUT2D eigenvalue weighted by Gasteiger charge is -2.21. The highest BCUT2D eigenvalue weighted by Gasteiger charge is 2.21. The zero-order valence-corrected chi connectivity index (χ0v) is 21.5. The summed E-state index contributed by atoms with van der Waals surface area (Å²) in [5.41, 5.74) is 5.50. The van der Waals surface area contributed by atoms with Crippen molar-refractivity contribution in [1.82, 2.24) is 9.55 Å². The number of ether oxygens (including phenoxy) is 1. The van der Waals surface area contributed by atoms with Crippen LogP contribution >= 0.6 is 24.0 Å². The van der Waals surface area contributed by atoms with E-state index < -0.39 is 6.10 Å². The van der Waals surface area contributed by atoms with E-state index >= 15 is 0 Å². The van der Waals surface area contributed by atoms with E-state index in [4.69, 9.17) is 21.6 Å². The molecule has 1 atom stereocenters. The van der Waals surface area contributed by atoms with Crippen LogP contribution in [-0.2, 0) is 18.4 Å². The van der Waals surface area contributed by atoms with E-state index in [2.05, 4.69) is 35.3 Å². The molecule has 1 heterocycles. The van der Waals surface area contributed by atoms with E-state index in [9.17, 15) is 5.26 Å². The van der Waals surface area contributed by atoms with Crippen LogP contribution in [0, 0.1) is 22.7 Å². The van der Waals surface area contributed by atoms with E-state index in [0.29, 0.717) is 16.1 Å². The number of halogens is 2. The van der Waals surface area contributed by atoms with Crippen molar-refractivity contribution in [2.75, 3.05) is 0 Å². The lowest BCUT2D eigenvalue weighted by Crippen LogP contribution is -2.11. The van der Waals surface area contributed by atoms with Crippen LogP contribution in [0.4, 0.5) is 0 Å². The van der Waals surface area contributed by atoms with Crippen molar-refractivity contribution in [3.05, 3.63) is 124 Å². The lowest BCUT2D eigenvalue weighted by atomic mass is 9.92. The number of fused-ring (bicyclic) bond motifs is 1. The fourth-order valence-electron chi connectivity index (χ4n) is 4.40. The Bertz CT molecular complexity index is 1660. The van der Waals surface area contributed by atoms with Gasteiger partial charge in [0.2, 0.25) is 0 Å². The number of imidazole rings is 1. The van der Waals surface area contributed by atoms with Gasteiger partial charge in [-0.3, -0.25) is 0 Å². The minimum Gasteiger partial charge on any atom is -0.363 e. The smallest absolute Gasteiger partial charge is 0.124 e. The van der Waals surface area contributed by atoms with Crippen molar-refractivity contribution < 1.29 is 4.74 Å². The first-order chi connectivity index (χ1) is 17.6. The van der Waals surface area contributed by atoms with Crippen LogP contribution in [0.1, 0.15) is 34.1 Å². The molecule has 0 bridgehead atoms. The molecule has 0 saturated carbocycles. The highest BCUT2D eigenvalue weighted by molar-refractivity contribution is 6.31. The second-order valence-corrected chi connectivity index (χ2v) is 8.90. The molecule has 0 N–H and O–H groups in total. The normalized spacial score (nSPS) is 11.4. The Hall–Kier alpha value is -4.13. The maximum Gasteiger partial charge on any atom is 0.124 e. The summed E-state index contributed by atoms with van der Waals surface area (Å²) < 4.78 is 8.36. The van der Waals surface area contributed by atoms with E-state index in [1.54, 1.807) is 24.7 Å². The predicted octanol–water partition coefficient (Wildman–Crippen LogP) is 7.37. The topological polar surface area (TPSA) is 74.6 Å². The van der Waals surface area contributed by atoms with Crippen molar-refractivity contribution in [2.45, 2.75) is 12.7 Å². The number of hydrogen-bond acceptors (Lipinski definition) is 4. The fraction of sp³-hybridized carbons (Fsp3) is 0.100. The van der Waals surface area contributed by atoms with Crippen LogP contribution in [-0.4, -0.2) is 9.55 Å². The van der Waals surface area contributed by atoms with Gasteiger partial charge in [-0.15, -0.1) is 12.4 Å². The lowest BCUT2D eigenvalue weighted by molar-refractivity contribution is 0.0622. The third-order valence-electron chi connectivity index (χ3n) is 6.24. The number of aromatic nitrogens is 2. The average molecular weight is 525 g/mol. The van der Waals surface area contributed by atoms with Crippen molar-refractivity contribution in [3.63, 3.8) is 0 Å². The van der Waals surface area contributed by atoms with Crippen LogP contribution in [0.5, 0.6) is 0 Å². The average Bonchev–Trinajstić information content (AvgIpc) is 3.34. The molecule has 182 valence electrons. The SMILES string of the molecule is Cl.Cn1cncc1C(OCc1ccc(C#N)c(Cl)c1)c1ccc(C#N)c(-c2cccc3ccccc23)c1. The number of rotatable bonds is 6. The minimum absolute atomic E-state index is 0. The zero-order valence-electron chi connectivity index (χ0n) is 19.9. The molecule has 5 rings (SSSR count). The highest BCUT2D eigenvalue weighted by atomic mass is 35.5. The minimum atomic E-state index is -0.437. The summed E-state index contributed by atoms with van der Waals surface area (Å²) in [4.78, 5) is 4.29. The summed E-state index contributed by atoms with van der Waals surface area (Å²) >= 11 is 6.23. The second-order valence-electron chi connectivity index (χ2n) is 8.49. The molecule has 37 heavy (non-hydrogen) atoms. The quantitative estimate of drug-likeness (QED) is 0.232. The van der Waals surface area contributed by atoms with E-state index in [1.807, 2.05) is 60.1 Å². The monoisotopic (exact) mass is 524 g/mol. The Kier molecular flexibility index (Phi) is 7.92. The van der Waals surface area contributed by atoms with Crippen LogP contribution in [0.3, 0.4) is 0 Å². The molecule has 7 heteroatoms. The summed E-state index contributed by atoms with van der Waals surface area (Å²) in [5, 5.41) is 21.7. The van der Waals surface area contributed by atoms with Gasteiger partial charge in [-0.25, -0.2) is 4.98 Å². The summed E-state index contributed by atoms with van der Waals surface area (Å²) in [6, 6.07) is 29.8. The number of benzene rings is 4. The molecule has 0 radical (unpaired) electrons. The van der Waals surface area contributed by atoms with Gasteiger partial charge in [0.25, 0.3) is 0 Å².